The summed E-state index contributed by atoms with van der Waals surface area (Å²) in [4.78, 5) is 26.9. The number of hydrogen-bond acceptors (Lipinski definition) is 4. The normalized spacial score (nSPS) is 23.5. The van der Waals surface area contributed by atoms with Crippen molar-refractivity contribution in [1.29, 1.82) is 0 Å². The Hall–Kier alpha value is -1.63. The van der Waals surface area contributed by atoms with Crippen LogP contribution in [0.1, 0.15) is 36.0 Å². The van der Waals surface area contributed by atoms with Crippen LogP contribution in [-0.4, -0.2) is 48.6 Å². The lowest BCUT2D eigenvalue weighted by molar-refractivity contribution is -0.126. The highest BCUT2D eigenvalue weighted by Gasteiger charge is 2.31. The molecule has 0 aromatic heterocycles. The van der Waals surface area contributed by atoms with Crippen molar-refractivity contribution >= 4 is 29.1 Å². The molecule has 3 rings (SSSR count). The SMILES string of the molecule is NC[C@H]1CC[C@@H](C(=O)Nc2ccc(Cl)cc2C(=O)N2CCCC2)O1. The molecule has 0 unspecified atom stereocenters. The van der Waals surface area contributed by atoms with Crippen LogP contribution in [0.5, 0.6) is 0 Å². The summed E-state index contributed by atoms with van der Waals surface area (Å²) >= 11 is 6.05. The smallest absolute Gasteiger partial charge is 0.256 e. The molecule has 130 valence electrons. The fourth-order valence-corrected chi connectivity index (χ4v) is 3.35. The van der Waals surface area contributed by atoms with Crippen LogP contribution in [0.2, 0.25) is 5.02 Å². The molecule has 7 heteroatoms. The number of rotatable bonds is 4. The molecule has 2 atom stereocenters. The van der Waals surface area contributed by atoms with E-state index in [0.717, 1.165) is 32.4 Å². The van der Waals surface area contributed by atoms with Crippen molar-refractivity contribution in [2.45, 2.75) is 37.9 Å². The van der Waals surface area contributed by atoms with Crippen molar-refractivity contribution in [1.82, 2.24) is 4.90 Å². The summed E-state index contributed by atoms with van der Waals surface area (Å²) in [6, 6.07) is 4.94. The van der Waals surface area contributed by atoms with Crippen molar-refractivity contribution in [3.8, 4) is 0 Å². The molecule has 0 aliphatic carbocycles. The molecule has 0 radical (unpaired) electrons. The second-order valence-corrected chi connectivity index (χ2v) is 6.67. The lowest BCUT2D eigenvalue weighted by atomic mass is 10.1. The topological polar surface area (TPSA) is 84.7 Å². The van der Waals surface area contributed by atoms with Gasteiger partial charge in [-0.15, -0.1) is 0 Å². The molecule has 6 nitrogen and oxygen atoms in total. The van der Waals surface area contributed by atoms with Crippen LogP contribution >= 0.6 is 11.6 Å². The average molecular weight is 352 g/mol. The predicted octanol–water partition coefficient (Wildman–Crippen LogP) is 2.02. The van der Waals surface area contributed by atoms with Crippen LogP contribution < -0.4 is 11.1 Å². The first kappa shape index (κ1) is 17.2. The Labute approximate surface area is 146 Å². The van der Waals surface area contributed by atoms with Crippen LogP contribution in [0.25, 0.3) is 0 Å². The van der Waals surface area contributed by atoms with Gasteiger partial charge in [0.25, 0.3) is 11.8 Å². The molecular weight excluding hydrogens is 330 g/mol. The van der Waals surface area contributed by atoms with Gasteiger partial charge in [0.1, 0.15) is 6.10 Å². The number of benzene rings is 1. The standard InChI is InChI=1S/C17H22ClN3O3/c18-11-3-5-14(13(9-11)17(23)21-7-1-2-8-21)20-16(22)15-6-4-12(10-19)24-15/h3,5,9,12,15H,1-2,4,6-8,10,19H2,(H,20,22)/t12-,15+/m1/s1. The number of nitrogens with two attached hydrogens (primary N) is 1. The van der Waals surface area contributed by atoms with Crippen molar-refractivity contribution in [3.63, 3.8) is 0 Å². The zero-order valence-electron chi connectivity index (χ0n) is 13.5. The van der Waals surface area contributed by atoms with E-state index >= 15 is 0 Å². The van der Waals surface area contributed by atoms with Gasteiger partial charge in [0.15, 0.2) is 0 Å². The van der Waals surface area contributed by atoms with Gasteiger partial charge in [-0.2, -0.15) is 0 Å². The third-order valence-corrected chi connectivity index (χ3v) is 4.76. The third kappa shape index (κ3) is 3.71. The maximum Gasteiger partial charge on any atom is 0.256 e. The molecule has 2 aliphatic heterocycles. The van der Waals surface area contributed by atoms with E-state index in [9.17, 15) is 9.59 Å². The van der Waals surface area contributed by atoms with Gasteiger partial charge >= 0.3 is 0 Å². The van der Waals surface area contributed by atoms with Crippen molar-refractivity contribution in [3.05, 3.63) is 28.8 Å². The van der Waals surface area contributed by atoms with E-state index in [1.54, 1.807) is 23.1 Å². The Morgan fingerprint density at radius 2 is 2.04 bits per heavy atom. The maximum absolute atomic E-state index is 12.7. The monoisotopic (exact) mass is 351 g/mol. The summed E-state index contributed by atoms with van der Waals surface area (Å²) in [5, 5.41) is 3.29. The number of hydrogen-bond donors (Lipinski definition) is 2. The van der Waals surface area contributed by atoms with E-state index in [0.29, 0.717) is 29.2 Å². The first-order valence-electron chi connectivity index (χ1n) is 8.33. The van der Waals surface area contributed by atoms with Crippen molar-refractivity contribution in [2.24, 2.45) is 5.73 Å². The molecule has 2 saturated heterocycles. The van der Waals surface area contributed by atoms with Gasteiger partial charge in [0.05, 0.1) is 17.4 Å². The van der Waals surface area contributed by atoms with Crippen LogP contribution in [0.4, 0.5) is 5.69 Å². The third-order valence-electron chi connectivity index (χ3n) is 4.53. The molecule has 1 aromatic rings. The molecule has 0 spiro atoms. The molecule has 2 heterocycles. The van der Waals surface area contributed by atoms with Gasteiger partial charge in [-0.1, -0.05) is 11.6 Å². The highest BCUT2D eigenvalue weighted by Crippen LogP contribution is 2.26. The van der Waals surface area contributed by atoms with Crippen LogP contribution in [0, 0.1) is 0 Å². The molecule has 2 fully saturated rings. The van der Waals surface area contributed by atoms with E-state index in [4.69, 9.17) is 22.1 Å². The van der Waals surface area contributed by atoms with Gasteiger partial charge in [0, 0.05) is 24.7 Å². The molecule has 2 amide bonds. The molecule has 24 heavy (non-hydrogen) atoms. The Morgan fingerprint density at radius 3 is 2.71 bits per heavy atom. The lowest BCUT2D eigenvalue weighted by Gasteiger charge is -2.19. The van der Waals surface area contributed by atoms with Gasteiger partial charge in [-0.3, -0.25) is 9.59 Å². The fourth-order valence-electron chi connectivity index (χ4n) is 3.18. The van der Waals surface area contributed by atoms with Crippen LogP contribution in [0.3, 0.4) is 0 Å². The van der Waals surface area contributed by atoms with Gasteiger partial charge in [-0.05, 0) is 43.9 Å². The van der Waals surface area contributed by atoms with E-state index < -0.39 is 6.10 Å². The fraction of sp³-hybridized carbons (Fsp3) is 0.529. The van der Waals surface area contributed by atoms with E-state index in [2.05, 4.69) is 5.32 Å². The minimum atomic E-state index is -0.524. The highest BCUT2D eigenvalue weighted by atomic mass is 35.5. The van der Waals surface area contributed by atoms with Crippen molar-refractivity contribution in [2.75, 3.05) is 25.0 Å². The summed E-state index contributed by atoms with van der Waals surface area (Å²) < 4.78 is 5.61. The number of likely N-dealkylation sites (tertiary alicyclic amines) is 1. The van der Waals surface area contributed by atoms with E-state index in [-0.39, 0.29) is 17.9 Å². The number of ether oxygens (including phenoxy) is 1. The summed E-state index contributed by atoms with van der Waals surface area (Å²) in [6.45, 7) is 1.88. The Bertz CT molecular complexity index is 632. The average Bonchev–Trinajstić information content (AvgIpc) is 3.27. The number of anilines is 1. The Balaban J connectivity index is 1.75. The summed E-state index contributed by atoms with van der Waals surface area (Å²) in [5.74, 6) is -0.346. The van der Waals surface area contributed by atoms with E-state index in [1.165, 1.54) is 0 Å². The Morgan fingerprint density at radius 1 is 1.29 bits per heavy atom. The molecule has 0 bridgehead atoms. The Kier molecular flexibility index (Phi) is 5.38. The lowest BCUT2D eigenvalue weighted by Crippen LogP contribution is -2.32. The molecule has 1 aromatic carbocycles. The number of carbonyl (C=O) groups is 2. The van der Waals surface area contributed by atoms with Gasteiger partial charge < -0.3 is 20.7 Å². The first-order valence-corrected chi connectivity index (χ1v) is 8.71. The number of halogens is 1. The minimum Gasteiger partial charge on any atom is -0.364 e. The molecule has 2 aliphatic rings. The predicted molar refractivity (Wildman–Crippen MR) is 92.2 cm³/mol. The van der Waals surface area contributed by atoms with Gasteiger partial charge in [0.2, 0.25) is 0 Å². The zero-order valence-corrected chi connectivity index (χ0v) is 14.2. The number of nitrogens with one attached hydrogen (secondary N) is 1. The number of amides is 2. The molecule has 0 saturated carbocycles. The highest BCUT2D eigenvalue weighted by molar-refractivity contribution is 6.31. The second-order valence-electron chi connectivity index (χ2n) is 6.24. The zero-order chi connectivity index (χ0) is 17.1. The summed E-state index contributed by atoms with van der Waals surface area (Å²) in [5.41, 5.74) is 6.47. The second kappa shape index (κ2) is 7.51. The number of nitrogens with zero attached hydrogens (tertiary/aromatic N) is 1. The van der Waals surface area contributed by atoms with Crippen molar-refractivity contribution < 1.29 is 14.3 Å². The summed E-state index contributed by atoms with van der Waals surface area (Å²) in [7, 11) is 0. The maximum atomic E-state index is 12.7. The molecule has 3 N–H and O–H groups in total. The first-order chi connectivity index (χ1) is 11.6. The van der Waals surface area contributed by atoms with E-state index in [1.807, 2.05) is 0 Å². The largest absolute Gasteiger partial charge is 0.364 e. The quantitative estimate of drug-likeness (QED) is 0.869. The summed E-state index contributed by atoms with van der Waals surface area (Å²) in [6.07, 6.45) is 2.82. The minimum absolute atomic E-state index is 0.0725. The van der Waals surface area contributed by atoms with Crippen LogP contribution in [0.15, 0.2) is 18.2 Å². The molecular formula is C17H22ClN3O3. The number of carbonyl (C=O) groups excluding carboxylic acids is 2. The van der Waals surface area contributed by atoms with Crippen LogP contribution in [-0.2, 0) is 9.53 Å². The van der Waals surface area contributed by atoms with Gasteiger partial charge in [-0.25, -0.2) is 0 Å².